The van der Waals surface area contributed by atoms with Crippen LogP contribution in [-0.4, -0.2) is 71.6 Å². The fourth-order valence-electron chi connectivity index (χ4n) is 4.67. The lowest BCUT2D eigenvalue weighted by atomic mass is 9.88. The van der Waals surface area contributed by atoms with Crippen molar-refractivity contribution >= 4 is 17.8 Å². The zero-order chi connectivity index (χ0) is 25.2. The van der Waals surface area contributed by atoms with E-state index < -0.39 is 0 Å². The number of allylic oxidation sites excluding steroid dienone is 1. The first kappa shape index (κ1) is 24.4. The Hall–Kier alpha value is -3.72. The van der Waals surface area contributed by atoms with E-state index in [0.29, 0.717) is 58.3 Å². The van der Waals surface area contributed by atoms with Gasteiger partial charge in [0, 0.05) is 18.1 Å². The maximum atomic E-state index is 13.5. The van der Waals surface area contributed by atoms with Crippen LogP contribution in [0, 0.1) is 0 Å². The topological polar surface area (TPSA) is 89.5 Å². The second kappa shape index (κ2) is 9.87. The Bertz CT molecular complexity index is 1190. The second-order valence-corrected chi connectivity index (χ2v) is 8.72. The predicted molar refractivity (Wildman–Crippen MR) is 127 cm³/mol. The Morgan fingerprint density at radius 2 is 1.80 bits per heavy atom. The fourth-order valence-corrected chi connectivity index (χ4v) is 4.67. The normalized spacial score (nSPS) is 18.2. The molecule has 0 saturated carbocycles. The third kappa shape index (κ3) is 4.64. The number of ether oxygens (including phenoxy) is 6. The van der Waals surface area contributed by atoms with E-state index in [0.717, 1.165) is 16.7 Å². The van der Waals surface area contributed by atoms with Gasteiger partial charge < -0.3 is 32.9 Å². The minimum atomic E-state index is -0.289. The summed E-state index contributed by atoms with van der Waals surface area (Å²) in [5.74, 6) is 2.09. The highest BCUT2D eigenvalue weighted by Crippen LogP contribution is 2.50. The number of hydrogen-bond acceptors (Lipinski definition) is 8. The number of fused-ring (bicyclic) bond motifs is 2. The Morgan fingerprint density at radius 3 is 2.49 bits per heavy atom. The molecule has 0 saturated heterocycles. The summed E-state index contributed by atoms with van der Waals surface area (Å²) in [6, 6.07) is 5.38. The lowest BCUT2D eigenvalue weighted by molar-refractivity contribution is -0.917. The van der Waals surface area contributed by atoms with E-state index in [2.05, 4.69) is 0 Å². The molecule has 0 amide bonds. The summed E-state index contributed by atoms with van der Waals surface area (Å²) in [5.41, 5.74) is 2.89. The van der Waals surface area contributed by atoms with E-state index in [1.807, 2.05) is 13.1 Å². The van der Waals surface area contributed by atoms with Crippen LogP contribution in [0.4, 0.5) is 0 Å². The number of hydrogen-bond donors (Lipinski definition) is 0. The smallest absolute Gasteiger partial charge is 0.361 e. The van der Waals surface area contributed by atoms with Crippen LogP contribution in [-0.2, 0) is 22.5 Å². The van der Waals surface area contributed by atoms with Crippen LogP contribution in [0.25, 0.3) is 6.08 Å². The molecule has 0 radical (unpaired) electrons. The first-order valence-corrected chi connectivity index (χ1v) is 11.2. The predicted octanol–water partition coefficient (Wildman–Crippen LogP) is 3.01. The average Bonchev–Trinajstić information content (AvgIpc) is 3.34. The van der Waals surface area contributed by atoms with Gasteiger partial charge >= 0.3 is 5.97 Å². The number of nitrogens with zero attached hydrogens (tertiary/aromatic N) is 1. The highest BCUT2D eigenvalue weighted by Gasteiger charge is 2.40. The molecule has 2 aromatic carbocycles. The number of ketones is 1. The van der Waals surface area contributed by atoms with Crippen LogP contribution in [0.5, 0.6) is 28.7 Å². The molecule has 0 spiro atoms. The quantitative estimate of drug-likeness (QED) is 0.245. The van der Waals surface area contributed by atoms with Crippen LogP contribution in [0.3, 0.4) is 0 Å². The number of esters is 1. The summed E-state index contributed by atoms with van der Waals surface area (Å²) in [7, 11) is 8.08. The number of benzene rings is 2. The van der Waals surface area contributed by atoms with Crippen molar-refractivity contribution in [3.05, 3.63) is 46.5 Å². The molecule has 0 fully saturated rings. The molecule has 186 valence electrons. The Balaban J connectivity index is 1.75. The van der Waals surface area contributed by atoms with Crippen molar-refractivity contribution in [1.82, 2.24) is 0 Å². The molecular formula is C26H30NO8+. The molecule has 4 rings (SSSR count). The van der Waals surface area contributed by atoms with Gasteiger partial charge in [0.2, 0.25) is 12.5 Å². The van der Waals surface area contributed by atoms with Crippen LogP contribution in [0.1, 0.15) is 27.0 Å². The number of carbonyl (C=O) groups is 2. The summed E-state index contributed by atoms with van der Waals surface area (Å²) in [4.78, 5) is 25.6. The van der Waals surface area contributed by atoms with Crippen LogP contribution < -0.4 is 23.7 Å². The lowest BCUT2D eigenvalue weighted by Gasteiger charge is -2.38. The molecule has 0 aromatic heterocycles. The van der Waals surface area contributed by atoms with Gasteiger partial charge in [0.25, 0.3) is 0 Å². The van der Waals surface area contributed by atoms with E-state index in [-0.39, 0.29) is 25.1 Å². The standard InChI is InChI=1S/C26H30NO8/c1-27(14-22(29)32-4)11-10-18-19(13-27)24(33-5)26-25(34-15-35-26)23(18)20(28)9-7-16-6-8-17(30-2)12-21(16)31-3/h6-9,12H,10-11,13-15H2,1-5H3/q+1/b9-7+. The van der Waals surface area contributed by atoms with Crippen molar-refractivity contribution in [2.24, 2.45) is 0 Å². The molecule has 0 bridgehead atoms. The van der Waals surface area contributed by atoms with Gasteiger partial charge in [-0.1, -0.05) is 0 Å². The van der Waals surface area contributed by atoms with Gasteiger partial charge in [-0.25, -0.2) is 4.79 Å². The van der Waals surface area contributed by atoms with Gasteiger partial charge in [-0.05, 0) is 29.8 Å². The van der Waals surface area contributed by atoms with Crippen molar-refractivity contribution < 1.29 is 42.5 Å². The lowest BCUT2D eigenvalue weighted by Crippen LogP contribution is -2.51. The van der Waals surface area contributed by atoms with Crippen molar-refractivity contribution in [2.75, 3.05) is 55.4 Å². The monoisotopic (exact) mass is 484 g/mol. The average molecular weight is 485 g/mol. The molecule has 1 atom stereocenters. The third-order valence-electron chi connectivity index (χ3n) is 6.47. The van der Waals surface area contributed by atoms with Gasteiger partial charge in [-0.15, -0.1) is 0 Å². The van der Waals surface area contributed by atoms with E-state index in [1.165, 1.54) is 13.2 Å². The zero-order valence-corrected chi connectivity index (χ0v) is 20.6. The maximum Gasteiger partial charge on any atom is 0.361 e. The van der Waals surface area contributed by atoms with Crippen molar-refractivity contribution in [2.45, 2.75) is 13.0 Å². The number of likely N-dealkylation sites (N-methyl/N-ethyl adjacent to an activating group) is 1. The summed E-state index contributed by atoms with van der Waals surface area (Å²) < 4.78 is 33.2. The first-order chi connectivity index (χ1) is 16.8. The van der Waals surface area contributed by atoms with Crippen molar-refractivity contribution in [3.63, 3.8) is 0 Å². The highest BCUT2D eigenvalue weighted by molar-refractivity contribution is 6.11. The Kier molecular flexibility index (Phi) is 6.88. The van der Waals surface area contributed by atoms with Gasteiger partial charge in [0.05, 0.1) is 53.2 Å². The summed E-state index contributed by atoms with van der Waals surface area (Å²) in [6.45, 7) is 1.36. The molecule has 1 unspecified atom stereocenters. The number of rotatable bonds is 8. The molecule has 0 N–H and O–H groups in total. The van der Waals surface area contributed by atoms with Gasteiger partial charge in [0.15, 0.2) is 23.8 Å². The van der Waals surface area contributed by atoms with E-state index in [4.69, 9.17) is 28.4 Å². The van der Waals surface area contributed by atoms with Gasteiger partial charge in [-0.2, -0.15) is 0 Å². The molecule has 2 aliphatic heterocycles. The molecule has 9 nitrogen and oxygen atoms in total. The van der Waals surface area contributed by atoms with E-state index in [1.54, 1.807) is 39.5 Å². The third-order valence-corrected chi connectivity index (χ3v) is 6.47. The van der Waals surface area contributed by atoms with Gasteiger partial charge in [-0.3, -0.25) is 4.79 Å². The number of methoxy groups -OCH3 is 4. The highest BCUT2D eigenvalue weighted by atomic mass is 16.7. The minimum absolute atomic E-state index is 0.000824. The summed E-state index contributed by atoms with van der Waals surface area (Å²) in [6.07, 6.45) is 3.78. The van der Waals surface area contributed by atoms with Crippen molar-refractivity contribution in [1.29, 1.82) is 0 Å². The van der Waals surface area contributed by atoms with Crippen LogP contribution in [0.2, 0.25) is 0 Å². The Labute approximate surface area is 204 Å². The zero-order valence-electron chi connectivity index (χ0n) is 20.6. The first-order valence-electron chi connectivity index (χ1n) is 11.2. The van der Waals surface area contributed by atoms with E-state index in [9.17, 15) is 9.59 Å². The minimum Gasteiger partial charge on any atom is -0.497 e. The second-order valence-electron chi connectivity index (χ2n) is 8.72. The molecule has 2 aliphatic rings. The van der Waals surface area contributed by atoms with Crippen molar-refractivity contribution in [3.8, 4) is 28.7 Å². The molecular weight excluding hydrogens is 454 g/mol. The van der Waals surface area contributed by atoms with Crippen LogP contribution >= 0.6 is 0 Å². The van der Waals surface area contributed by atoms with E-state index >= 15 is 0 Å². The Morgan fingerprint density at radius 1 is 1.03 bits per heavy atom. The number of quaternary nitrogens is 1. The van der Waals surface area contributed by atoms with Gasteiger partial charge in [0.1, 0.15) is 18.0 Å². The molecule has 0 aliphatic carbocycles. The molecule has 9 heteroatoms. The summed E-state index contributed by atoms with van der Waals surface area (Å²) in [5, 5.41) is 0. The SMILES string of the molecule is COC(=O)C[N+]1(C)CCc2c(c(OC)c3c(c2C(=O)/C=C/c2ccc(OC)cc2OC)OCO3)C1. The maximum absolute atomic E-state index is 13.5. The molecule has 2 aromatic rings. The molecule has 35 heavy (non-hydrogen) atoms. The molecule has 2 heterocycles. The fraction of sp³-hybridized carbons (Fsp3) is 0.385. The van der Waals surface area contributed by atoms with Crippen LogP contribution in [0.15, 0.2) is 24.3 Å². The largest absolute Gasteiger partial charge is 0.497 e. The number of carbonyl (C=O) groups excluding carboxylic acids is 2. The summed E-state index contributed by atoms with van der Waals surface area (Å²) >= 11 is 0.